The van der Waals surface area contributed by atoms with Crippen molar-refractivity contribution in [3.8, 4) is 0 Å². The van der Waals surface area contributed by atoms with Gasteiger partial charge in [-0.05, 0) is 18.6 Å². The fourth-order valence-electron chi connectivity index (χ4n) is 1.98. The molecule has 0 radical (unpaired) electrons. The van der Waals surface area contributed by atoms with Crippen molar-refractivity contribution in [2.24, 2.45) is 0 Å². The molecule has 1 saturated heterocycles. The lowest BCUT2D eigenvalue weighted by atomic mass is 10.2. The van der Waals surface area contributed by atoms with E-state index in [1.165, 1.54) is 12.1 Å². The number of aromatic nitrogens is 1. The van der Waals surface area contributed by atoms with E-state index in [1.54, 1.807) is 4.90 Å². The number of aromatic carboxylic acids is 1. The van der Waals surface area contributed by atoms with Gasteiger partial charge in [0.15, 0.2) is 9.84 Å². The second-order valence-electron chi connectivity index (χ2n) is 4.30. The number of hydrogen-bond donors (Lipinski definition) is 1. The molecular weight excluding hydrogens is 292 g/mol. The van der Waals surface area contributed by atoms with Crippen LogP contribution in [0.2, 0.25) is 5.15 Å². The number of anilines is 1. The molecule has 0 saturated carbocycles. The maximum Gasteiger partial charge on any atom is 0.339 e. The minimum Gasteiger partial charge on any atom is -0.478 e. The van der Waals surface area contributed by atoms with Crippen LogP contribution < -0.4 is 4.90 Å². The van der Waals surface area contributed by atoms with Crippen LogP contribution in [-0.2, 0) is 9.84 Å². The van der Waals surface area contributed by atoms with Crippen LogP contribution in [0.5, 0.6) is 0 Å². The molecule has 19 heavy (non-hydrogen) atoms. The standard InChI is InChI=1S/C11H13ClN2O4S/c12-9-3-2-8(11(15)16)10(13-9)14-4-1-6-19(17,18)7-5-14/h2-3H,1,4-7H2,(H,15,16). The van der Waals surface area contributed by atoms with Gasteiger partial charge in [0.1, 0.15) is 16.5 Å². The third-order valence-electron chi connectivity index (χ3n) is 2.93. The summed E-state index contributed by atoms with van der Waals surface area (Å²) in [5.41, 5.74) is 0.0312. The van der Waals surface area contributed by atoms with Crippen molar-refractivity contribution < 1.29 is 18.3 Å². The Hall–Kier alpha value is -1.34. The highest BCUT2D eigenvalue weighted by Crippen LogP contribution is 2.22. The minimum atomic E-state index is -3.05. The molecule has 1 N–H and O–H groups in total. The zero-order valence-electron chi connectivity index (χ0n) is 10.0. The first kappa shape index (κ1) is 14.1. The maximum atomic E-state index is 11.5. The Balaban J connectivity index is 2.35. The Kier molecular flexibility index (Phi) is 3.96. The van der Waals surface area contributed by atoms with Gasteiger partial charge in [0.2, 0.25) is 0 Å². The Morgan fingerprint density at radius 2 is 2.05 bits per heavy atom. The quantitative estimate of drug-likeness (QED) is 0.822. The van der Waals surface area contributed by atoms with Gasteiger partial charge in [-0.1, -0.05) is 11.6 Å². The van der Waals surface area contributed by atoms with Crippen molar-refractivity contribution in [2.45, 2.75) is 6.42 Å². The number of sulfone groups is 1. The van der Waals surface area contributed by atoms with Crippen molar-refractivity contribution >= 4 is 33.2 Å². The molecule has 8 heteroatoms. The summed E-state index contributed by atoms with van der Waals surface area (Å²) in [4.78, 5) is 16.9. The fourth-order valence-corrected chi connectivity index (χ4v) is 3.40. The van der Waals surface area contributed by atoms with Crippen LogP contribution in [0.1, 0.15) is 16.8 Å². The van der Waals surface area contributed by atoms with E-state index in [0.717, 1.165) is 0 Å². The summed E-state index contributed by atoms with van der Waals surface area (Å²) in [6.07, 6.45) is 0.454. The molecule has 0 spiro atoms. The highest BCUT2D eigenvalue weighted by Gasteiger charge is 2.23. The third kappa shape index (κ3) is 3.36. The van der Waals surface area contributed by atoms with E-state index in [1.807, 2.05) is 0 Å². The largest absolute Gasteiger partial charge is 0.478 e. The number of nitrogens with zero attached hydrogens (tertiary/aromatic N) is 2. The molecule has 0 bridgehead atoms. The number of halogens is 1. The van der Waals surface area contributed by atoms with E-state index in [0.29, 0.717) is 13.0 Å². The number of rotatable bonds is 2. The van der Waals surface area contributed by atoms with Crippen LogP contribution in [0.15, 0.2) is 12.1 Å². The van der Waals surface area contributed by atoms with Gasteiger partial charge < -0.3 is 10.0 Å². The average molecular weight is 305 g/mol. The topological polar surface area (TPSA) is 87.6 Å². The second kappa shape index (κ2) is 5.34. The summed E-state index contributed by atoms with van der Waals surface area (Å²) in [6.45, 7) is 0.683. The zero-order chi connectivity index (χ0) is 14.0. The maximum absolute atomic E-state index is 11.5. The van der Waals surface area contributed by atoms with Crippen molar-refractivity contribution in [2.75, 3.05) is 29.5 Å². The lowest BCUT2D eigenvalue weighted by Gasteiger charge is -2.22. The van der Waals surface area contributed by atoms with Gasteiger partial charge in [0.05, 0.1) is 11.5 Å². The van der Waals surface area contributed by atoms with E-state index in [4.69, 9.17) is 16.7 Å². The van der Waals surface area contributed by atoms with E-state index >= 15 is 0 Å². The normalized spacial score (nSPS) is 18.9. The molecule has 0 unspecified atom stereocenters. The molecule has 1 aromatic heterocycles. The van der Waals surface area contributed by atoms with Crippen LogP contribution in [0.4, 0.5) is 5.82 Å². The molecule has 2 heterocycles. The molecule has 0 aromatic carbocycles. The van der Waals surface area contributed by atoms with Crippen molar-refractivity contribution in [3.63, 3.8) is 0 Å². The highest BCUT2D eigenvalue weighted by molar-refractivity contribution is 7.91. The molecule has 1 aliphatic heterocycles. The van der Waals surface area contributed by atoms with E-state index < -0.39 is 15.8 Å². The molecule has 0 aliphatic carbocycles. The summed E-state index contributed by atoms with van der Waals surface area (Å²) in [7, 11) is -3.05. The molecule has 1 fully saturated rings. The molecular formula is C11H13ClN2O4S. The van der Waals surface area contributed by atoms with Gasteiger partial charge in [0, 0.05) is 13.1 Å². The molecule has 0 amide bonds. The SMILES string of the molecule is O=C(O)c1ccc(Cl)nc1N1CCCS(=O)(=O)CC1. The van der Waals surface area contributed by atoms with E-state index in [2.05, 4.69) is 4.98 Å². The van der Waals surface area contributed by atoms with Gasteiger partial charge >= 0.3 is 5.97 Å². The Bertz CT molecular complexity index is 603. The lowest BCUT2D eigenvalue weighted by Crippen LogP contribution is -2.29. The summed E-state index contributed by atoms with van der Waals surface area (Å²) in [5, 5.41) is 9.32. The van der Waals surface area contributed by atoms with Crippen molar-refractivity contribution in [3.05, 3.63) is 22.8 Å². The highest BCUT2D eigenvalue weighted by atomic mass is 35.5. The number of carboxylic acids is 1. The van der Waals surface area contributed by atoms with Gasteiger partial charge in [-0.2, -0.15) is 0 Å². The predicted molar refractivity (Wildman–Crippen MR) is 71.7 cm³/mol. The van der Waals surface area contributed by atoms with Crippen molar-refractivity contribution in [1.82, 2.24) is 4.98 Å². The van der Waals surface area contributed by atoms with Crippen molar-refractivity contribution in [1.29, 1.82) is 0 Å². The lowest BCUT2D eigenvalue weighted by molar-refractivity contribution is 0.0697. The summed E-state index contributed by atoms with van der Waals surface area (Å²) >= 11 is 5.79. The van der Waals surface area contributed by atoms with Crippen LogP contribution in [0, 0.1) is 0 Å². The first-order chi connectivity index (χ1) is 8.89. The molecule has 1 aliphatic rings. The molecule has 0 atom stereocenters. The summed E-state index contributed by atoms with van der Waals surface area (Å²) < 4.78 is 23.1. The minimum absolute atomic E-state index is 0.000250. The molecule has 2 rings (SSSR count). The van der Waals surface area contributed by atoms with Crippen LogP contribution in [0.3, 0.4) is 0 Å². The van der Waals surface area contributed by atoms with E-state index in [9.17, 15) is 13.2 Å². The summed E-state index contributed by atoms with van der Waals surface area (Å²) in [6, 6.07) is 2.79. The number of carbonyl (C=O) groups is 1. The molecule has 6 nitrogen and oxygen atoms in total. The van der Waals surface area contributed by atoms with Gasteiger partial charge in [-0.25, -0.2) is 18.2 Å². The summed E-state index contributed by atoms with van der Waals surface area (Å²) in [5.74, 6) is -0.754. The number of pyridine rings is 1. The molecule has 1 aromatic rings. The smallest absolute Gasteiger partial charge is 0.339 e. The first-order valence-electron chi connectivity index (χ1n) is 5.74. The molecule has 104 valence electrons. The van der Waals surface area contributed by atoms with Gasteiger partial charge in [0.25, 0.3) is 0 Å². The first-order valence-corrected chi connectivity index (χ1v) is 7.94. The van der Waals surface area contributed by atoms with Gasteiger partial charge in [-0.3, -0.25) is 0 Å². The van der Waals surface area contributed by atoms with E-state index in [-0.39, 0.29) is 34.6 Å². The fraction of sp³-hybridized carbons (Fsp3) is 0.455. The average Bonchev–Trinajstić information content (AvgIpc) is 2.49. The second-order valence-corrected chi connectivity index (χ2v) is 6.99. The monoisotopic (exact) mass is 304 g/mol. The van der Waals surface area contributed by atoms with Crippen LogP contribution >= 0.6 is 11.6 Å². The Labute approximate surface area is 115 Å². The number of carboxylic acid groups (broad SMARTS) is 1. The zero-order valence-corrected chi connectivity index (χ0v) is 11.6. The van der Waals surface area contributed by atoms with Crippen LogP contribution in [-0.4, -0.2) is 49.1 Å². The third-order valence-corrected chi connectivity index (χ3v) is 4.85. The number of hydrogen-bond acceptors (Lipinski definition) is 5. The Morgan fingerprint density at radius 3 is 2.74 bits per heavy atom. The predicted octanol–water partition coefficient (Wildman–Crippen LogP) is 1.06. The van der Waals surface area contributed by atoms with Crippen LogP contribution in [0.25, 0.3) is 0 Å². The Morgan fingerprint density at radius 1 is 1.32 bits per heavy atom. The van der Waals surface area contributed by atoms with Gasteiger partial charge in [-0.15, -0.1) is 0 Å².